The molecule has 2 aromatic rings. The summed E-state index contributed by atoms with van der Waals surface area (Å²) in [5.41, 5.74) is 1.79. The summed E-state index contributed by atoms with van der Waals surface area (Å²) in [5.74, 6) is -1.46. The van der Waals surface area contributed by atoms with Crippen molar-refractivity contribution in [2.24, 2.45) is 0 Å². The molecule has 142 valence electrons. The Balaban J connectivity index is 1.96. The van der Waals surface area contributed by atoms with Gasteiger partial charge in [-0.15, -0.1) is 0 Å². The summed E-state index contributed by atoms with van der Waals surface area (Å²) in [6.45, 7) is 1.96. The zero-order valence-electron chi connectivity index (χ0n) is 14.8. The summed E-state index contributed by atoms with van der Waals surface area (Å²) in [7, 11) is -4.10. The van der Waals surface area contributed by atoms with Crippen LogP contribution in [0.3, 0.4) is 0 Å². The largest absolute Gasteiger partial charge is 0.480 e. The van der Waals surface area contributed by atoms with E-state index in [0.717, 1.165) is 18.4 Å². The SMILES string of the molecule is CC(=O)N1CCCc2ccc(S(=O)(=O)N[C@@H](C(=O)O)c3ccccc3)cc21. The van der Waals surface area contributed by atoms with Crippen molar-refractivity contribution in [2.45, 2.75) is 30.7 Å². The lowest BCUT2D eigenvalue weighted by molar-refractivity contribution is -0.139. The van der Waals surface area contributed by atoms with E-state index in [-0.39, 0.29) is 10.8 Å². The van der Waals surface area contributed by atoms with Gasteiger partial charge in [-0.2, -0.15) is 4.72 Å². The van der Waals surface area contributed by atoms with Crippen LogP contribution in [-0.2, 0) is 26.0 Å². The maximum Gasteiger partial charge on any atom is 0.326 e. The van der Waals surface area contributed by atoms with Gasteiger partial charge in [0.1, 0.15) is 6.04 Å². The maximum absolute atomic E-state index is 12.8. The van der Waals surface area contributed by atoms with Crippen molar-refractivity contribution in [2.75, 3.05) is 11.4 Å². The van der Waals surface area contributed by atoms with Gasteiger partial charge in [0.25, 0.3) is 0 Å². The number of carboxylic acid groups (broad SMARTS) is 1. The second kappa shape index (κ2) is 7.50. The molecule has 0 spiro atoms. The fourth-order valence-corrected chi connectivity index (χ4v) is 4.38. The van der Waals surface area contributed by atoms with Crippen molar-refractivity contribution in [1.82, 2.24) is 4.72 Å². The number of nitrogens with one attached hydrogen (secondary N) is 1. The Morgan fingerprint density at radius 3 is 2.48 bits per heavy atom. The smallest absolute Gasteiger partial charge is 0.326 e. The third-order valence-electron chi connectivity index (χ3n) is 4.52. The van der Waals surface area contributed by atoms with Crippen molar-refractivity contribution in [3.63, 3.8) is 0 Å². The van der Waals surface area contributed by atoms with Crippen molar-refractivity contribution in [1.29, 1.82) is 0 Å². The molecule has 2 aromatic carbocycles. The molecule has 1 aliphatic rings. The standard InChI is InChI=1S/C19H20N2O5S/c1-13(22)21-11-5-8-14-9-10-16(12-17(14)21)27(25,26)20-18(19(23)24)15-6-3-2-4-7-15/h2-4,6-7,9-10,12,18,20H,5,8,11H2,1H3,(H,23,24)/t18-/m1/s1. The molecule has 2 N–H and O–H groups in total. The highest BCUT2D eigenvalue weighted by Crippen LogP contribution is 2.30. The number of hydrogen-bond acceptors (Lipinski definition) is 4. The Bertz CT molecular complexity index is 973. The summed E-state index contributed by atoms with van der Waals surface area (Å²) in [6.07, 6.45) is 1.57. The van der Waals surface area contributed by atoms with Crippen LogP contribution in [0.15, 0.2) is 53.4 Å². The van der Waals surface area contributed by atoms with E-state index in [1.54, 1.807) is 41.3 Å². The third kappa shape index (κ3) is 4.01. The molecule has 0 bridgehead atoms. The van der Waals surface area contributed by atoms with Gasteiger partial charge in [-0.05, 0) is 36.1 Å². The topological polar surface area (TPSA) is 104 Å². The van der Waals surface area contributed by atoms with Crippen LogP contribution >= 0.6 is 0 Å². The van der Waals surface area contributed by atoms with Crippen molar-refractivity contribution in [3.8, 4) is 0 Å². The van der Waals surface area contributed by atoms with Gasteiger partial charge in [0.2, 0.25) is 15.9 Å². The first-order valence-corrected chi connectivity index (χ1v) is 9.99. The second-order valence-corrected chi connectivity index (χ2v) is 8.08. The molecule has 1 heterocycles. The second-order valence-electron chi connectivity index (χ2n) is 6.37. The number of anilines is 1. The Labute approximate surface area is 157 Å². The summed E-state index contributed by atoms with van der Waals surface area (Å²) < 4.78 is 27.9. The lowest BCUT2D eigenvalue weighted by Crippen LogP contribution is -2.35. The van der Waals surface area contributed by atoms with E-state index in [0.29, 0.717) is 17.8 Å². The van der Waals surface area contributed by atoms with E-state index in [9.17, 15) is 23.1 Å². The Kier molecular flexibility index (Phi) is 5.29. The molecule has 0 fully saturated rings. The van der Waals surface area contributed by atoms with Gasteiger partial charge in [-0.1, -0.05) is 36.4 Å². The number of carbonyl (C=O) groups is 2. The summed E-state index contributed by atoms with van der Waals surface area (Å²) in [4.78, 5) is 24.9. The average Bonchev–Trinajstić information content (AvgIpc) is 2.65. The van der Waals surface area contributed by atoms with E-state index in [4.69, 9.17) is 0 Å². The van der Waals surface area contributed by atoms with E-state index in [1.807, 2.05) is 0 Å². The first-order chi connectivity index (χ1) is 12.8. The van der Waals surface area contributed by atoms with Crippen molar-refractivity contribution in [3.05, 3.63) is 59.7 Å². The number of aryl methyl sites for hydroxylation is 1. The first kappa shape index (κ1) is 19.1. The highest BCUT2D eigenvalue weighted by molar-refractivity contribution is 7.89. The zero-order chi connectivity index (χ0) is 19.6. The van der Waals surface area contributed by atoms with Gasteiger partial charge < -0.3 is 10.0 Å². The van der Waals surface area contributed by atoms with Crippen LogP contribution in [-0.4, -0.2) is 31.9 Å². The van der Waals surface area contributed by atoms with Gasteiger partial charge in [0, 0.05) is 19.2 Å². The molecule has 0 saturated heterocycles. The van der Waals surface area contributed by atoms with Gasteiger partial charge >= 0.3 is 5.97 Å². The number of amides is 1. The molecule has 8 heteroatoms. The predicted octanol–water partition coefficient (Wildman–Crippen LogP) is 2.09. The van der Waals surface area contributed by atoms with Crippen LogP contribution in [0.2, 0.25) is 0 Å². The normalized spacial score (nSPS) is 15.1. The fourth-order valence-electron chi connectivity index (χ4n) is 3.18. The molecule has 7 nitrogen and oxygen atoms in total. The lowest BCUT2D eigenvalue weighted by atomic mass is 10.0. The molecular formula is C19H20N2O5S. The number of benzene rings is 2. The molecule has 1 amide bonds. The van der Waals surface area contributed by atoms with Gasteiger partial charge in [-0.25, -0.2) is 8.42 Å². The number of sulfonamides is 1. The molecule has 1 aliphatic heterocycles. The maximum atomic E-state index is 12.8. The van der Waals surface area contributed by atoms with E-state index in [1.165, 1.54) is 19.1 Å². The number of aliphatic carboxylic acids is 1. The Morgan fingerprint density at radius 2 is 1.85 bits per heavy atom. The van der Waals surface area contributed by atoms with E-state index >= 15 is 0 Å². The summed E-state index contributed by atoms with van der Waals surface area (Å²) in [6, 6.07) is 11.2. The minimum Gasteiger partial charge on any atom is -0.480 e. The highest BCUT2D eigenvalue weighted by atomic mass is 32.2. The van der Waals surface area contributed by atoms with Crippen molar-refractivity contribution < 1.29 is 23.1 Å². The molecular weight excluding hydrogens is 368 g/mol. The number of rotatable bonds is 5. The predicted molar refractivity (Wildman–Crippen MR) is 99.9 cm³/mol. The number of carboxylic acids is 1. The highest BCUT2D eigenvalue weighted by Gasteiger charge is 2.28. The Morgan fingerprint density at radius 1 is 1.15 bits per heavy atom. The molecule has 0 aromatic heterocycles. The van der Waals surface area contributed by atoms with E-state index in [2.05, 4.69) is 4.72 Å². The number of carbonyl (C=O) groups excluding carboxylic acids is 1. The van der Waals surface area contributed by atoms with Gasteiger partial charge in [0.15, 0.2) is 0 Å². The summed E-state index contributed by atoms with van der Waals surface area (Å²) in [5, 5.41) is 9.46. The molecule has 1 atom stereocenters. The molecule has 3 rings (SSSR count). The number of hydrogen-bond donors (Lipinski definition) is 2. The quantitative estimate of drug-likeness (QED) is 0.816. The van der Waals surface area contributed by atoms with Gasteiger partial charge in [-0.3, -0.25) is 9.59 Å². The first-order valence-electron chi connectivity index (χ1n) is 8.51. The van der Waals surface area contributed by atoms with Crippen LogP contribution in [0.25, 0.3) is 0 Å². The zero-order valence-corrected chi connectivity index (χ0v) is 15.6. The van der Waals surface area contributed by atoms with Gasteiger partial charge in [0.05, 0.1) is 4.90 Å². The van der Waals surface area contributed by atoms with Crippen LogP contribution in [0.1, 0.15) is 30.5 Å². The molecule has 0 unspecified atom stereocenters. The number of fused-ring (bicyclic) bond motifs is 1. The lowest BCUT2D eigenvalue weighted by Gasteiger charge is -2.29. The van der Waals surface area contributed by atoms with Crippen LogP contribution in [0, 0.1) is 0 Å². The summed E-state index contributed by atoms with van der Waals surface area (Å²) >= 11 is 0. The minimum absolute atomic E-state index is 0.0726. The van der Waals surface area contributed by atoms with Crippen LogP contribution < -0.4 is 9.62 Å². The molecule has 0 aliphatic carbocycles. The molecule has 27 heavy (non-hydrogen) atoms. The van der Waals surface area contributed by atoms with E-state index < -0.39 is 22.0 Å². The molecule has 0 radical (unpaired) electrons. The fraction of sp³-hybridized carbons (Fsp3) is 0.263. The van der Waals surface area contributed by atoms with Crippen LogP contribution in [0.5, 0.6) is 0 Å². The van der Waals surface area contributed by atoms with Crippen molar-refractivity contribution >= 4 is 27.6 Å². The monoisotopic (exact) mass is 388 g/mol. The third-order valence-corrected chi connectivity index (χ3v) is 5.94. The number of nitrogens with zero attached hydrogens (tertiary/aromatic N) is 1. The Hall–Kier alpha value is -2.71. The minimum atomic E-state index is -4.10. The average molecular weight is 388 g/mol. The molecule has 0 saturated carbocycles. The van der Waals surface area contributed by atoms with Crippen LogP contribution in [0.4, 0.5) is 5.69 Å².